The number of rotatable bonds is 6. The molecule has 0 saturated carbocycles. The number of nitrogens with one attached hydrogen (secondary N) is 3. The number of hydrogen-bond acceptors (Lipinski definition) is 4. The number of urea groups is 2. The van der Waals surface area contributed by atoms with Crippen molar-refractivity contribution in [3.63, 3.8) is 0 Å². The molecule has 2 aromatic rings. The highest BCUT2D eigenvalue weighted by molar-refractivity contribution is 6.07. The van der Waals surface area contributed by atoms with Crippen LogP contribution in [0.2, 0.25) is 0 Å². The van der Waals surface area contributed by atoms with Gasteiger partial charge in [-0.15, -0.1) is 0 Å². The van der Waals surface area contributed by atoms with Crippen LogP contribution >= 0.6 is 0 Å². The van der Waals surface area contributed by atoms with Crippen LogP contribution in [-0.2, 0) is 27.1 Å². The lowest BCUT2D eigenvalue weighted by molar-refractivity contribution is -0.131. The second-order valence-electron chi connectivity index (χ2n) is 9.31. The molecule has 8 nitrogen and oxygen atoms in total. The van der Waals surface area contributed by atoms with E-state index in [0.29, 0.717) is 5.56 Å². The Morgan fingerprint density at radius 1 is 1.00 bits per heavy atom. The third kappa shape index (κ3) is 5.58. The number of nitrogens with zero attached hydrogens (tertiary/aromatic N) is 1. The van der Waals surface area contributed by atoms with Crippen LogP contribution in [-0.4, -0.2) is 35.3 Å². The summed E-state index contributed by atoms with van der Waals surface area (Å²) in [6.07, 6.45) is -0.184. The summed E-state index contributed by atoms with van der Waals surface area (Å²) in [5.74, 6) is -1.01. The van der Waals surface area contributed by atoms with Crippen LogP contribution in [0, 0.1) is 0 Å². The Morgan fingerprint density at radius 2 is 1.64 bits per heavy atom. The summed E-state index contributed by atoms with van der Waals surface area (Å²) >= 11 is 0. The topological polar surface area (TPSA) is 108 Å². The van der Waals surface area contributed by atoms with Gasteiger partial charge in [-0.2, -0.15) is 0 Å². The van der Waals surface area contributed by atoms with Crippen molar-refractivity contribution in [2.75, 3.05) is 6.54 Å². The van der Waals surface area contributed by atoms with E-state index in [0.717, 1.165) is 16.0 Å². The maximum Gasteiger partial charge on any atom is 0.325 e. The van der Waals surface area contributed by atoms with Crippen molar-refractivity contribution in [1.82, 2.24) is 20.9 Å². The van der Waals surface area contributed by atoms with E-state index in [2.05, 4.69) is 36.7 Å². The van der Waals surface area contributed by atoms with Crippen LogP contribution in [0.15, 0.2) is 54.6 Å². The number of benzene rings is 2. The Morgan fingerprint density at radius 3 is 2.24 bits per heavy atom. The van der Waals surface area contributed by atoms with Crippen molar-refractivity contribution in [1.29, 1.82) is 0 Å². The maximum absolute atomic E-state index is 13.0. The van der Waals surface area contributed by atoms with Crippen molar-refractivity contribution in [3.05, 3.63) is 71.3 Å². The minimum atomic E-state index is -1.21. The SMILES string of the molecule is CC(C)(C)c1ccc([C@]2(C)NC(=O)N(CCC(=O)NC(=O)NCc3ccccc3)C2=O)cc1. The van der Waals surface area contributed by atoms with Gasteiger partial charge < -0.3 is 10.6 Å². The zero-order valence-electron chi connectivity index (χ0n) is 19.4. The van der Waals surface area contributed by atoms with Crippen LogP contribution in [0.4, 0.5) is 9.59 Å². The molecule has 33 heavy (non-hydrogen) atoms. The Kier molecular flexibility index (Phi) is 6.86. The van der Waals surface area contributed by atoms with Crippen molar-refractivity contribution in [2.24, 2.45) is 0 Å². The van der Waals surface area contributed by atoms with Gasteiger partial charge in [0.2, 0.25) is 5.91 Å². The summed E-state index contributed by atoms with van der Waals surface area (Å²) in [4.78, 5) is 50.6. The van der Waals surface area contributed by atoms with Crippen molar-refractivity contribution in [3.8, 4) is 0 Å². The van der Waals surface area contributed by atoms with Gasteiger partial charge in [0.1, 0.15) is 5.54 Å². The second-order valence-corrected chi connectivity index (χ2v) is 9.31. The van der Waals surface area contributed by atoms with Crippen LogP contribution in [0.5, 0.6) is 0 Å². The molecule has 1 aliphatic rings. The third-order valence-corrected chi connectivity index (χ3v) is 5.71. The van der Waals surface area contributed by atoms with E-state index >= 15 is 0 Å². The largest absolute Gasteiger partial charge is 0.334 e. The zero-order valence-corrected chi connectivity index (χ0v) is 19.4. The molecule has 1 fully saturated rings. The molecular weight excluding hydrogens is 420 g/mol. The number of amides is 6. The highest BCUT2D eigenvalue weighted by Gasteiger charge is 2.48. The van der Waals surface area contributed by atoms with Crippen molar-refractivity contribution in [2.45, 2.75) is 51.6 Å². The first-order valence-electron chi connectivity index (χ1n) is 10.9. The molecule has 174 valence electrons. The fourth-order valence-corrected chi connectivity index (χ4v) is 3.62. The Balaban J connectivity index is 1.55. The molecule has 1 heterocycles. The van der Waals surface area contributed by atoms with Gasteiger partial charge in [0.15, 0.2) is 0 Å². The molecule has 1 atom stereocenters. The summed E-state index contributed by atoms with van der Waals surface area (Å²) in [6.45, 7) is 8.09. The molecule has 6 amide bonds. The number of imide groups is 2. The molecular formula is C25H30N4O4. The van der Waals surface area contributed by atoms with Gasteiger partial charge in [-0.25, -0.2) is 9.59 Å². The molecule has 3 rings (SSSR count). The van der Waals surface area contributed by atoms with E-state index in [1.54, 1.807) is 6.92 Å². The fourth-order valence-electron chi connectivity index (χ4n) is 3.62. The molecule has 8 heteroatoms. The zero-order chi connectivity index (χ0) is 24.2. The molecule has 1 saturated heterocycles. The fraction of sp³-hybridized carbons (Fsp3) is 0.360. The van der Waals surface area contributed by atoms with Crippen LogP contribution in [0.3, 0.4) is 0 Å². The summed E-state index contributed by atoms with van der Waals surface area (Å²) in [6, 6.07) is 15.7. The van der Waals surface area contributed by atoms with Gasteiger partial charge in [0.25, 0.3) is 5.91 Å². The molecule has 0 unspecified atom stereocenters. The van der Waals surface area contributed by atoms with Gasteiger partial charge in [0, 0.05) is 19.5 Å². The van der Waals surface area contributed by atoms with Crippen LogP contribution < -0.4 is 16.0 Å². The van der Waals surface area contributed by atoms with E-state index < -0.39 is 29.4 Å². The lowest BCUT2D eigenvalue weighted by Gasteiger charge is -2.24. The molecule has 3 N–H and O–H groups in total. The first kappa shape index (κ1) is 24.0. The summed E-state index contributed by atoms with van der Waals surface area (Å²) in [5.41, 5.74) is 1.44. The Bertz CT molecular complexity index is 1040. The van der Waals surface area contributed by atoms with Gasteiger partial charge in [-0.1, -0.05) is 75.4 Å². The van der Waals surface area contributed by atoms with Gasteiger partial charge in [-0.05, 0) is 29.0 Å². The smallest absolute Gasteiger partial charge is 0.325 e. The maximum atomic E-state index is 13.0. The molecule has 2 aromatic carbocycles. The minimum Gasteiger partial charge on any atom is -0.334 e. The standard InChI is InChI=1S/C25H30N4O4/c1-24(2,3)18-10-12-19(13-11-18)25(4)21(31)29(23(33)28-25)15-14-20(30)27-22(32)26-16-17-8-6-5-7-9-17/h5-13H,14-16H2,1-4H3,(H,28,33)(H2,26,27,30,32)/t25-/m0/s1. The van der Waals surface area contributed by atoms with Gasteiger partial charge in [0.05, 0.1) is 0 Å². The normalized spacial score (nSPS) is 18.1. The average Bonchev–Trinajstić information content (AvgIpc) is 2.99. The summed E-state index contributed by atoms with van der Waals surface area (Å²) in [7, 11) is 0. The summed E-state index contributed by atoms with van der Waals surface area (Å²) < 4.78 is 0. The van der Waals surface area contributed by atoms with Crippen molar-refractivity contribution >= 4 is 23.9 Å². The molecule has 1 aliphatic heterocycles. The second kappa shape index (κ2) is 9.44. The van der Waals surface area contributed by atoms with E-state index in [-0.39, 0.29) is 24.9 Å². The highest BCUT2D eigenvalue weighted by Crippen LogP contribution is 2.31. The lowest BCUT2D eigenvalue weighted by atomic mass is 9.84. The molecule has 0 bridgehead atoms. The van der Waals surface area contributed by atoms with E-state index in [4.69, 9.17) is 0 Å². The molecule has 0 aromatic heterocycles. The highest BCUT2D eigenvalue weighted by atomic mass is 16.2. The van der Waals surface area contributed by atoms with Crippen LogP contribution in [0.1, 0.15) is 50.8 Å². The molecule has 0 radical (unpaired) electrons. The van der Waals surface area contributed by atoms with Crippen LogP contribution in [0.25, 0.3) is 0 Å². The summed E-state index contributed by atoms with van der Waals surface area (Å²) in [5, 5.41) is 7.55. The first-order valence-corrected chi connectivity index (χ1v) is 10.9. The average molecular weight is 451 g/mol. The van der Waals surface area contributed by atoms with Crippen molar-refractivity contribution < 1.29 is 19.2 Å². The lowest BCUT2D eigenvalue weighted by Crippen LogP contribution is -2.42. The monoisotopic (exact) mass is 450 g/mol. The molecule has 0 aliphatic carbocycles. The Hall–Kier alpha value is -3.68. The van der Waals surface area contributed by atoms with E-state index in [1.807, 2.05) is 54.6 Å². The quantitative estimate of drug-likeness (QED) is 0.588. The minimum absolute atomic E-state index is 0.0326. The first-order chi connectivity index (χ1) is 15.5. The number of hydrogen-bond donors (Lipinski definition) is 3. The van der Waals surface area contributed by atoms with Gasteiger partial charge in [-0.3, -0.25) is 19.8 Å². The number of carbonyl (C=O) groups excluding carboxylic acids is 4. The predicted molar refractivity (Wildman–Crippen MR) is 124 cm³/mol. The van der Waals surface area contributed by atoms with E-state index in [1.165, 1.54) is 0 Å². The third-order valence-electron chi connectivity index (χ3n) is 5.71. The Labute approximate surface area is 193 Å². The molecule has 0 spiro atoms. The van der Waals surface area contributed by atoms with Gasteiger partial charge >= 0.3 is 12.1 Å². The number of carbonyl (C=O) groups is 4. The van der Waals surface area contributed by atoms with E-state index in [9.17, 15) is 19.2 Å². The predicted octanol–water partition coefficient (Wildman–Crippen LogP) is 3.17.